The molecular weight excluding hydrogens is 354 g/mol. The van der Waals surface area contributed by atoms with Gasteiger partial charge in [-0.05, 0) is 43.0 Å². The van der Waals surface area contributed by atoms with Crippen molar-refractivity contribution in [2.45, 2.75) is 45.3 Å². The van der Waals surface area contributed by atoms with Crippen molar-refractivity contribution in [3.63, 3.8) is 0 Å². The van der Waals surface area contributed by atoms with Crippen molar-refractivity contribution in [3.8, 4) is 0 Å². The highest BCUT2D eigenvalue weighted by Crippen LogP contribution is 2.22. The lowest BCUT2D eigenvalue weighted by atomic mass is 9.96. The minimum atomic E-state index is -0.269. The SMILES string of the molecule is CC(C)C(NC(=O)CN1CCCC1C(=O)NCc1ccco1)c1ccccc1. The van der Waals surface area contributed by atoms with Gasteiger partial charge in [-0.15, -0.1) is 0 Å². The van der Waals surface area contributed by atoms with Gasteiger partial charge in [0.15, 0.2) is 0 Å². The Morgan fingerprint density at radius 3 is 2.64 bits per heavy atom. The van der Waals surface area contributed by atoms with E-state index in [1.165, 1.54) is 0 Å². The maximum atomic E-state index is 12.7. The zero-order chi connectivity index (χ0) is 19.9. The van der Waals surface area contributed by atoms with Gasteiger partial charge in [-0.25, -0.2) is 0 Å². The number of likely N-dealkylation sites (tertiary alicyclic amines) is 1. The topological polar surface area (TPSA) is 74.6 Å². The van der Waals surface area contributed by atoms with Crippen LogP contribution in [-0.4, -0.2) is 35.8 Å². The minimum absolute atomic E-state index is 0.0393. The van der Waals surface area contributed by atoms with E-state index in [0.717, 1.165) is 30.7 Å². The quantitative estimate of drug-likeness (QED) is 0.735. The normalized spacial score (nSPS) is 18.2. The molecular formula is C22H29N3O3. The molecule has 1 aliphatic heterocycles. The number of rotatable bonds is 8. The van der Waals surface area contributed by atoms with Gasteiger partial charge in [0.1, 0.15) is 5.76 Å². The fourth-order valence-electron chi connectivity index (χ4n) is 3.72. The molecule has 0 saturated carbocycles. The molecule has 2 atom stereocenters. The van der Waals surface area contributed by atoms with Crippen molar-refractivity contribution in [1.82, 2.24) is 15.5 Å². The molecule has 2 heterocycles. The Morgan fingerprint density at radius 1 is 1.18 bits per heavy atom. The number of hydrogen-bond acceptors (Lipinski definition) is 4. The van der Waals surface area contributed by atoms with Crippen LogP contribution in [0.15, 0.2) is 53.1 Å². The average molecular weight is 383 g/mol. The number of furan rings is 1. The third kappa shape index (κ3) is 5.23. The Labute approximate surface area is 166 Å². The summed E-state index contributed by atoms with van der Waals surface area (Å²) in [6, 6.07) is 13.3. The van der Waals surface area contributed by atoms with Gasteiger partial charge in [0.05, 0.1) is 31.4 Å². The van der Waals surface area contributed by atoms with Crippen molar-refractivity contribution in [3.05, 3.63) is 60.1 Å². The molecule has 6 heteroatoms. The Bertz CT molecular complexity index is 759. The molecule has 3 rings (SSSR count). The molecule has 1 aliphatic rings. The lowest BCUT2D eigenvalue weighted by Crippen LogP contribution is -2.47. The Morgan fingerprint density at radius 2 is 1.96 bits per heavy atom. The summed E-state index contributed by atoms with van der Waals surface area (Å²) in [5.74, 6) is 0.897. The number of benzene rings is 1. The van der Waals surface area contributed by atoms with Crippen molar-refractivity contribution >= 4 is 11.8 Å². The van der Waals surface area contributed by atoms with E-state index in [1.54, 1.807) is 12.3 Å². The maximum Gasteiger partial charge on any atom is 0.237 e. The van der Waals surface area contributed by atoms with Crippen molar-refractivity contribution in [2.75, 3.05) is 13.1 Å². The number of carbonyl (C=O) groups is 2. The number of hydrogen-bond donors (Lipinski definition) is 2. The van der Waals surface area contributed by atoms with Crippen molar-refractivity contribution < 1.29 is 14.0 Å². The molecule has 0 aliphatic carbocycles. The molecule has 1 fully saturated rings. The largest absolute Gasteiger partial charge is 0.467 e. The second-order valence-electron chi connectivity index (χ2n) is 7.63. The van der Waals surface area contributed by atoms with Crippen LogP contribution in [0, 0.1) is 5.92 Å². The standard InChI is InChI=1S/C22H29N3O3/c1-16(2)21(17-8-4-3-5-9-17)24-20(26)15-25-12-6-11-19(25)22(27)23-14-18-10-7-13-28-18/h3-5,7-10,13,16,19,21H,6,11-12,14-15H2,1-2H3,(H,23,27)(H,24,26). The predicted molar refractivity (Wildman–Crippen MR) is 107 cm³/mol. The van der Waals surface area contributed by atoms with E-state index in [2.05, 4.69) is 24.5 Å². The van der Waals surface area contributed by atoms with E-state index in [1.807, 2.05) is 41.3 Å². The second-order valence-corrected chi connectivity index (χ2v) is 7.63. The Balaban J connectivity index is 1.55. The zero-order valence-electron chi connectivity index (χ0n) is 16.6. The van der Waals surface area contributed by atoms with E-state index in [0.29, 0.717) is 6.54 Å². The molecule has 150 valence electrons. The van der Waals surface area contributed by atoms with Crippen molar-refractivity contribution in [2.24, 2.45) is 5.92 Å². The summed E-state index contributed by atoms with van der Waals surface area (Å²) in [6.07, 6.45) is 3.27. The van der Waals surface area contributed by atoms with Gasteiger partial charge in [0.25, 0.3) is 0 Å². The van der Waals surface area contributed by atoms with E-state index in [9.17, 15) is 9.59 Å². The molecule has 1 aromatic carbocycles. The van der Waals surface area contributed by atoms with Crippen LogP contribution in [0.25, 0.3) is 0 Å². The summed E-state index contributed by atoms with van der Waals surface area (Å²) in [4.78, 5) is 27.2. The number of nitrogens with zero attached hydrogens (tertiary/aromatic N) is 1. The summed E-state index contributed by atoms with van der Waals surface area (Å²) < 4.78 is 5.25. The fourth-order valence-corrected chi connectivity index (χ4v) is 3.72. The minimum Gasteiger partial charge on any atom is -0.467 e. The summed E-state index contributed by atoms with van der Waals surface area (Å²) in [5.41, 5.74) is 1.10. The van der Waals surface area contributed by atoms with E-state index in [4.69, 9.17) is 4.42 Å². The summed E-state index contributed by atoms with van der Waals surface area (Å²) in [7, 11) is 0. The van der Waals surface area contributed by atoms with Gasteiger partial charge < -0.3 is 15.1 Å². The molecule has 0 spiro atoms. The first kappa shape index (κ1) is 20.1. The van der Waals surface area contributed by atoms with Crippen LogP contribution in [0.3, 0.4) is 0 Å². The van der Waals surface area contributed by atoms with Gasteiger partial charge in [0.2, 0.25) is 11.8 Å². The van der Waals surface area contributed by atoms with E-state index in [-0.39, 0.29) is 36.4 Å². The van der Waals surface area contributed by atoms with Crippen LogP contribution in [-0.2, 0) is 16.1 Å². The van der Waals surface area contributed by atoms with Crippen LogP contribution in [0.1, 0.15) is 44.1 Å². The monoisotopic (exact) mass is 383 g/mol. The molecule has 2 N–H and O–H groups in total. The fraction of sp³-hybridized carbons (Fsp3) is 0.455. The summed E-state index contributed by atoms with van der Waals surface area (Å²) in [6.45, 7) is 5.54. The highest BCUT2D eigenvalue weighted by Gasteiger charge is 2.32. The first-order chi connectivity index (χ1) is 13.5. The zero-order valence-corrected chi connectivity index (χ0v) is 16.6. The number of carbonyl (C=O) groups excluding carboxylic acids is 2. The molecule has 6 nitrogen and oxygen atoms in total. The molecule has 28 heavy (non-hydrogen) atoms. The lowest BCUT2D eigenvalue weighted by molar-refractivity contribution is -0.128. The third-order valence-corrected chi connectivity index (χ3v) is 5.17. The highest BCUT2D eigenvalue weighted by molar-refractivity contribution is 5.84. The first-order valence-electron chi connectivity index (χ1n) is 9.93. The molecule has 2 amide bonds. The maximum absolute atomic E-state index is 12.7. The summed E-state index contributed by atoms with van der Waals surface area (Å²) >= 11 is 0. The Hall–Kier alpha value is -2.60. The first-order valence-corrected chi connectivity index (χ1v) is 9.93. The highest BCUT2D eigenvalue weighted by atomic mass is 16.3. The van der Waals surface area contributed by atoms with E-state index < -0.39 is 0 Å². The molecule has 1 aromatic heterocycles. The van der Waals surface area contributed by atoms with Crippen LogP contribution in [0.2, 0.25) is 0 Å². The average Bonchev–Trinajstić information content (AvgIpc) is 3.36. The van der Waals surface area contributed by atoms with Crippen LogP contribution >= 0.6 is 0 Å². The molecule has 2 unspecified atom stereocenters. The summed E-state index contributed by atoms with van der Waals surface area (Å²) in [5, 5.41) is 6.06. The van der Waals surface area contributed by atoms with Gasteiger partial charge in [-0.1, -0.05) is 44.2 Å². The molecule has 0 radical (unpaired) electrons. The van der Waals surface area contributed by atoms with E-state index >= 15 is 0 Å². The number of nitrogens with one attached hydrogen (secondary N) is 2. The van der Waals surface area contributed by atoms with Gasteiger partial charge >= 0.3 is 0 Å². The third-order valence-electron chi connectivity index (χ3n) is 5.17. The van der Waals surface area contributed by atoms with Crippen molar-refractivity contribution in [1.29, 1.82) is 0 Å². The van der Waals surface area contributed by atoms with Crippen LogP contribution in [0.5, 0.6) is 0 Å². The Kier molecular flexibility index (Phi) is 6.87. The van der Waals surface area contributed by atoms with Gasteiger partial charge in [0, 0.05) is 0 Å². The van der Waals surface area contributed by atoms with Gasteiger partial charge in [-0.2, -0.15) is 0 Å². The van der Waals surface area contributed by atoms with Crippen LogP contribution in [0.4, 0.5) is 0 Å². The molecule has 2 aromatic rings. The van der Waals surface area contributed by atoms with Gasteiger partial charge in [-0.3, -0.25) is 14.5 Å². The molecule has 0 bridgehead atoms. The second kappa shape index (κ2) is 9.55. The smallest absolute Gasteiger partial charge is 0.237 e. The predicted octanol–water partition coefficient (Wildman–Crippen LogP) is 2.87. The number of amides is 2. The van der Waals surface area contributed by atoms with Crippen LogP contribution < -0.4 is 10.6 Å². The lowest BCUT2D eigenvalue weighted by Gasteiger charge is -2.26. The molecule has 1 saturated heterocycles.